The second-order valence-corrected chi connectivity index (χ2v) is 5.64. The maximum Gasteiger partial charge on any atom is 0.407 e. The predicted octanol–water partition coefficient (Wildman–Crippen LogP) is 4.56. The summed E-state index contributed by atoms with van der Waals surface area (Å²) in [5.74, 6) is 0. The zero-order chi connectivity index (χ0) is 17.3. The zero-order valence-electron chi connectivity index (χ0n) is 13.9. The van der Waals surface area contributed by atoms with Crippen LogP contribution in [0.3, 0.4) is 0 Å². The van der Waals surface area contributed by atoms with Crippen LogP contribution in [0, 0.1) is 0 Å². The van der Waals surface area contributed by atoms with Crippen LogP contribution >= 0.6 is 0 Å². The third kappa shape index (κ3) is 5.18. The van der Waals surface area contributed by atoms with Gasteiger partial charge in [0, 0.05) is 18.1 Å². The lowest BCUT2D eigenvalue weighted by Crippen LogP contribution is -2.24. The fraction of sp³-hybridized carbons (Fsp3) is 0.143. The van der Waals surface area contributed by atoms with Crippen molar-refractivity contribution in [2.45, 2.75) is 13.0 Å². The molecule has 2 aromatic carbocycles. The molecule has 1 amide bonds. The van der Waals surface area contributed by atoms with E-state index in [1.165, 1.54) is 0 Å². The van der Waals surface area contributed by atoms with Gasteiger partial charge in [-0.15, -0.1) is 0 Å². The SMILES string of the molecule is O=C(NCCC=Cc1ccc2ncccc2c1)OCc1ccccc1. The summed E-state index contributed by atoms with van der Waals surface area (Å²) >= 11 is 0. The Balaban J connectivity index is 1.39. The number of pyridine rings is 1. The molecule has 0 spiro atoms. The maximum atomic E-state index is 11.6. The Kier molecular flexibility index (Phi) is 5.77. The van der Waals surface area contributed by atoms with Gasteiger partial charge >= 0.3 is 6.09 Å². The van der Waals surface area contributed by atoms with E-state index in [9.17, 15) is 4.79 Å². The highest BCUT2D eigenvalue weighted by atomic mass is 16.5. The van der Waals surface area contributed by atoms with E-state index in [4.69, 9.17) is 4.74 Å². The number of rotatable bonds is 6. The summed E-state index contributed by atoms with van der Waals surface area (Å²) in [5.41, 5.74) is 3.08. The molecular formula is C21H20N2O2. The molecule has 0 bridgehead atoms. The Morgan fingerprint density at radius 1 is 1.08 bits per heavy atom. The molecule has 0 saturated heterocycles. The van der Waals surface area contributed by atoms with Gasteiger partial charge in [-0.25, -0.2) is 4.79 Å². The van der Waals surface area contributed by atoms with Crippen molar-refractivity contribution in [1.29, 1.82) is 0 Å². The normalized spacial score (nSPS) is 10.9. The number of carbonyl (C=O) groups excluding carboxylic acids is 1. The number of nitrogens with zero attached hydrogens (tertiary/aromatic N) is 1. The molecule has 0 radical (unpaired) electrons. The maximum absolute atomic E-state index is 11.6. The number of hydrogen-bond donors (Lipinski definition) is 1. The third-order valence-electron chi connectivity index (χ3n) is 3.73. The fourth-order valence-corrected chi connectivity index (χ4v) is 2.45. The molecule has 25 heavy (non-hydrogen) atoms. The number of fused-ring (bicyclic) bond motifs is 1. The van der Waals surface area contributed by atoms with Crippen LogP contribution in [-0.4, -0.2) is 17.6 Å². The highest BCUT2D eigenvalue weighted by Crippen LogP contribution is 2.14. The molecule has 126 valence electrons. The molecule has 1 heterocycles. The average Bonchev–Trinajstić information content (AvgIpc) is 2.67. The minimum Gasteiger partial charge on any atom is -0.445 e. The molecule has 0 fully saturated rings. The number of ether oxygens (including phenoxy) is 1. The summed E-state index contributed by atoms with van der Waals surface area (Å²) in [6, 6.07) is 19.7. The molecule has 0 atom stereocenters. The van der Waals surface area contributed by atoms with E-state index in [1.54, 1.807) is 6.20 Å². The van der Waals surface area contributed by atoms with Gasteiger partial charge in [0.05, 0.1) is 5.52 Å². The molecule has 3 rings (SSSR count). The highest BCUT2D eigenvalue weighted by molar-refractivity contribution is 5.81. The van der Waals surface area contributed by atoms with Crippen LogP contribution in [0.5, 0.6) is 0 Å². The topological polar surface area (TPSA) is 51.2 Å². The van der Waals surface area contributed by atoms with Crippen LogP contribution in [-0.2, 0) is 11.3 Å². The molecule has 0 aliphatic rings. The van der Waals surface area contributed by atoms with E-state index in [0.717, 1.165) is 28.5 Å². The Hall–Kier alpha value is -3.14. The number of benzene rings is 2. The van der Waals surface area contributed by atoms with Gasteiger partial charge in [-0.3, -0.25) is 4.98 Å². The summed E-state index contributed by atoms with van der Waals surface area (Å²) < 4.78 is 5.16. The van der Waals surface area contributed by atoms with Crippen molar-refractivity contribution in [3.05, 3.63) is 84.1 Å². The van der Waals surface area contributed by atoms with E-state index in [-0.39, 0.29) is 6.61 Å². The molecule has 1 N–H and O–H groups in total. The molecule has 4 nitrogen and oxygen atoms in total. The number of amides is 1. The van der Waals surface area contributed by atoms with Gasteiger partial charge in [0.1, 0.15) is 6.61 Å². The van der Waals surface area contributed by atoms with Crippen LogP contribution < -0.4 is 5.32 Å². The summed E-state index contributed by atoms with van der Waals surface area (Å²) in [4.78, 5) is 15.9. The highest BCUT2D eigenvalue weighted by Gasteiger charge is 2.00. The average molecular weight is 332 g/mol. The fourth-order valence-electron chi connectivity index (χ4n) is 2.45. The van der Waals surface area contributed by atoms with Crippen molar-refractivity contribution >= 4 is 23.1 Å². The summed E-state index contributed by atoms with van der Waals surface area (Å²) in [6.45, 7) is 0.826. The quantitative estimate of drug-likeness (QED) is 0.673. The molecule has 0 saturated carbocycles. The van der Waals surface area contributed by atoms with Crippen molar-refractivity contribution in [1.82, 2.24) is 10.3 Å². The molecule has 0 aliphatic heterocycles. The van der Waals surface area contributed by atoms with Gasteiger partial charge in [-0.05, 0) is 35.7 Å². The van der Waals surface area contributed by atoms with E-state index in [2.05, 4.69) is 16.4 Å². The van der Waals surface area contributed by atoms with E-state index < -0.39 is 6.09 Å². The van der Waals surface area contributed by atoms with Crippen molar-refractivity contribution in [3.8, 4) is 0 Å². The molecule has 4 heteroatoms. The first-order chi connectivity index (χ1) is 12.3. The van der Waals surface area contributed by atoms with Crippen LogP contribution in [0.4, 0.5) is 4.79 Å². The minimum atomic E-state index is -0.394. The molecular weight excluding hydrogens is 312 g/mol. The Morgan fingerprint density at radius 3 is 2.84 bits per heavy atom. The monoisotopic (exact) mass is 332 g/mol. The summed E-state index contributed by atoms with van der Waals surface area (Å²) in [7, 11) is 0. The lowest BCUT2D eigenvalue weighted by molar-refractivity contribution is 0.140. The van der Waals surface area contributed by atoms with E-state index in [0.29, 0.717) is 6.54 Å². The minimum absolute atomic E-state index is 0.285. The Morgan fingerprint density at radius 2 is 1.96 bits per heavy atom. The first-order valence-electron chi connectivity index (χ1n) is 8.27. The molecule has 0 unspecified atom stereocenters. The smallest absolute Gasteiger partial charge is 0.407 e. The lowest BCUT2D eigenvalue weighted by atomic mass is 10.1. The van der Waals surface area contributed by atoms with Gasteiger partial charge in [-0.2, -0.15) is 0 Å². The van der Waals surface area contributed by atoms with E-state index in [1.807, 2.05) is 66.7 Å². The standard InChI is InChI=1S/C21H20N2O2/c24-21(25-16-18-8-2-1-3-9-18)23-13-5-4-7-17-11-12-20-19(15-17)10-6-14-22-20/h1-4,6-12,14-15H,5,13,16H2,(H,23,24). The van der Waals surface area contributed by atoms with Crippen LogP contribution in [0.15, 0.2) is 72.9 Å². The molecule has 1 aromatic heterocycles. The summed E-state index contributed by atoms with van der Waals surface area (Å²) in [5, 5.41) is 3.86. The molecule has 0 aliphatic carbocycles. The number of hydrogen-bond acceptors (Lipinski definition) is 3. The third-order valence-corrected chi connectivity index (χ3v) is 3.73. The van der Waals surface area contributed by atoms with Gasteiger partial charge in [-0.1, -0.05) is 54.6 Å². The second-order valence-electron chi connectivity index (χ2n) is 5.64. The van der Waals surface area contributed by atoms with Crippen molar-refractivity contribution < 1.29 is 9.53 Å². The van der Waals surface area contributed by atoms with Crippen LogP contribution in [0.25, 0.3) is 17.0 Å². The van der Waals surface area contributed by atoms with E-state index >= 15 is 0 Å². The van der Waals surface area contributed by atoms with Gasteiger partial charge < -0.3 is 10.1 Å². The van der Waals surface area contributed by atoms with Gasteiger partial charge in [0.25, 0.3) is 0 Å². The Labute approximate surface area is 147 Å². The van der Waals surface area contributed by atoms with Crippen LogP contribution in [0.2, 0.25) is 0 Å². The number of alkyl carbamates (subject to hydrolysis) is 1. The van der Waals surface area contributed by atoms with Gasteiger partial charge in [0.2, 0.25) is 0 Å². The number of nitrogens with one attached hydrogen (secondary N) is 1. The predicted molar refractivity (Wildman–Crippen MR) is 100 cm³/mol. The van der Waals surface area contributed by atoms with Crippen molar-refractivity contribution in [3.63, 3.8) is 0 Å². The summed E-state index contributed by atoms with van der Waals surface area (Å²) in [6.07, 6.45) is 6.22. The zero-order valence-corrected chi connectivity index (χ0v) is 13.9. The Bertz CT molecular complexity index is 860. The van der Waals surface area contributed by atoms with Crippen molar-refractivity contribution in [2.24, 2.45) is 0 Å². The lowest BCUT2D eigenvalue weighted by Gasteiger charge is -2.05. The number of aromatic nitrogens is 1. The largest absolute Gasteiger partial charge is 0.445 e. The van der Waals surface area contributed by atoms with Gasteiger partial charge in [0.15, 0.2) is 0 Å². The number of carbonyl (C=O) groups is 1. The first-order valence-corrected chi connectivity index (χ1v) is 8.27. The first kappa shape index (κ1) is 16.7. The van der Waals surface area contributed by atoms with Crippen LogP contribution in [0.1, 0.15) is 17.5 Å². The second kappa shape index (κ2) is 8.64. The van der Waals surface area contributed by atoms with Crippen molar-refractivity contribution in [2.75, 3.05) is 6.54 Å². The molecule has 3 aromatic rings.